The fourth-order valence-electron chi connectivity index (χ4n) is 3.52. The minimum atomic E-state index is -0.375. The number of thioether (sulfide) groups is 1. The van der Waals surface area contributed by atoms with Crippen LogP contribution in [0.1, 0.15) is 28.9 Å². The SMILES string of the molecule is CSc1cccc(NC(=O)c2cn3c4c(cc(Br)cc4c2=O)C[C@@H]3C)c1. The van der Waals surface area contributed by atoms with Gasteiger partial charge in [0.1, 0.15) is 5.56 Å². The molecule has 132 valence electrons. The number of nitrogens with one attached hydrogen (secondary N) is 1. The predicted molar refractivity (Wildman–Crippen MR) is 110 cm³/mol. The molecule has 6 heteroatoms. The highest BCUT2D eigenvalue weighted by atomic mass is 79.9. The van der Waals surface area contributed by atoms with E-state index >= 15 is 0 Å². The van der Waals surface area contributed by atoms with E-state index in [0.717, 1.165) is 26.9 Å². The largest absolute Gasteiger partial charge is 0.343 e. The third-order valence-electron chi connectivity index (χ3n) is 4.73. The number of amides is 1. The van der Waals surface area contributed by atoms with Crippen molar-refractivity contribution in [3.8, 4) is 0 Å². The fourth-order valence-corrected chi connectivity index (χ4v) is 4.49. The maximum Gasteiger partial charge on any atom is 0.261 e. The van der Waals surface area contributed by atoms with Gasteiger partial charge in [-0.25, -0.2) is 0 Å². The number of nitrogens with zero attached hydrogens (tertiary/aromatic N) is 1. The lowest BCUT2D eigenvalue weighted by atomic mass is 10.1. The minimum absolute atomic E-state index is 0.171. The Morgan fingerprint density at radius 2 is 2.12 bits per heavy atom. The van der Waals surface area contributed by atoms with Crippen LogP contribution in [0.2, 0.25) is 0 Å². The zero-order valence-electron chi connectivity index (χ0n) is 14.4. The summed E-state index contributed by atoms with van der Waals surface area (Å²) in [6.07, 6.45) is 4.54. The number of hydrogen-bond acceptors (Lipinski definition) is 3. The van der Waals surface area contributed by atoms with Gasteiger partial charge in [-0.05, 0) is 55.5 Å². The summed E-state index contributed by atoms with van der Waals surface area (Å²) in [7, 11) is 0. The van der Waals surface area contributed by atoms with Gasteiger partial charge in [-0.15, -0.1) is 11.8 Å². The van der Waals surface area contributed by atoms with Crippen molar-refractivity contribution in [2.45, 2.75) is 24.3 Å². The molecule has 0 aliphatic carbocycles. The van der Waals surface area contributed by atoms with Gasteiger partial charge in [0.2, 0.25) is 5.43 Å². The number of aromatic nitrogens is 1. The van der Waals surface area contributed by atoms with Gasteiger partial charge < -0.3 is 9.88 Å². The summed E-state index contributed by atoms with van der Waals surface area (Å²) in [5, 5.41) is 3.45. The molecular formula is C20H17BrN2O2S. The number of pyridine rings is 1. The summed E-state index contributed by atoms with van der Waals surface area (Å²) < 4.78 is 2.91. The monoisotopic (exact) mass is 428 g/mol. The summed E-state index contributed by atoms with van der Waals surface area (Å²) in [5.41, 5.74) is 2.70. The third kappa shape index (κ3) is 2.87. The number of hydrogen-bond donors (Lipinski definition) is 1. The van der Waals surface area contributed by atoms with Crippen LogP contribution in [0, 0.1) is 0 Å². The van der Waals surface area contributed by atoms with E-state index in [4.69, 9.17) is 0 Å². The van der Waals surface area contributed by atoms with Crippen molar-refractivity contribution in [1.29, 1.82) is 0 Å². The van der Waals surface area contributed by atoms with Gasteiger partial charge in [-0.2, -0.15) is 0 Å². The maximum atomic E-state index is 13.0. The number of carbonyl (C=O) groups is 1. The second-order valence-corrected chi connectivity index (χ2v) is 8.27. The Bertz CT molecular complexity index is 1110. The maximum absolute atomic E-state index is 13.0. The predicted octanol–water partition coefficient (Wildman–Crippen LogP) is 4.86. The molecule has 4 nitrogen and oxygen atoms in total. The number of halogens is 1. The van der Waals surface area contributed by atoms with E-state index in [0.29, 0.717) is 11.1 Å². The molecule has 3 aromatic rings. The Morgan fingerprint density at radius 1 is 1.31 bits per heavy atom. The lowest BCUT2D eigenvalue weighted by molar-refractivity contribution is 0.102. The molecule has 26 heavy (non-hydrogen) atoms. The molecule has 0 unspecified atom stereocenters. The average molecular weight is 429 g/mol. The van der Waals surface area contributed by atoms with Crippen LogP contribution in [0.5, 0.6) is 0 Å². The summed E-state index contributed by atoms with van der Waals surface area (Å²) in [4.78, 5) is 26.8. The van der Waals surface area contributed by atoms with Crippen molar-refractivity contribution in [2.24, 2.45) is 0 Å². The Hall–Kier alpha value is -2.05. The van der Waals surface area contributed by atoms with Crippen LogP contribution in [0.4, 0.5) is 5.69 Å². The van der Waals surface area contributed by atoms with E-state index in [1.54, 1.807) is 24.0 Å². The van der Waals surface area contributed by atoms with Crippen molar-refractivity contribution < 1.29 is 4.79 Å². The molecule has 2 aromatic carbocycles. The molecule has 0 fully saturated rings. The Balaban J connectivity index is 1.81. The second-order valence-electron chi connectivity index (χ2n) is 6.48. The van der Waals surface area contributed by atoms with Gasteiger partial charge in [0, 0.05) is 32.7 Å². The van der Waals surface area contributed by atoms with E-state index in [1.165, 1.54) is 0 Å². The second kappa shape index (κ2) is 6.59. The molecule has 0 radical (unpaired) electrons. The Labute approximate surface area is 163 Å². The molecule has 1 N–H and O–H groups in total. The van der Waals surface area contributed by atoms with Crippen LogP contribution in [0.3, 0.4) is 0 Å². The zero-order chi connectivity index (χ0) is 18.4. The smallest absolute Gasteiger partial charge is 0.261 e. The van der Waals surface area contributed by atoms with E-state index in [1.807, 2.05) is 35.1 Å². The molecule has 1 atom stereocenters. The molecule has 0 bridgehead atoms. The van der Waals surface area contributed by atoms with Crippen LogP contribution < -0.4 is 10.7 Å². The van der Waals surface area contributed by atoms with Crippen LogP contribution in [-0.4, -0.2) is 16.7 Å². The highest BCUT2D eigenvalue weighted by Gasteiger charge is 2.25. The van der Waals surface area contributed by atoms with E-state index in [2.05, 4.69) is 34.2 Å². The first-order valence-corrected chi connectivity index (χ1v) is 10.3. The lowest BCUT2D eigenvalue weighted by Crippen LogP contribution is -2.23. The molecule has 1 aliphatic heterocycles. The average Bonchev–Trinajstić information content (AvgIpc) is 2.93. The Morgan fingerprint density at radius 3 is 2.88 bits per heavy atom. The first-order chi connectivity index (χ1) is 12.5. The molecule has 0 saturated carbocycles. The Kier molecular flexibility index (Phi) is 4.40. The third-order valence-corrected chi connectivity index (χ3v) is 5.91. The molecular weight excluding hydrogens is 412 g/mol. The fraction of sp³-hybridized carbons (Fsp3) is 0.200. The normalized spacial score (nSPS) is 15.4. The van der Waals surface area contributed by atoms with Crippen molar-refractivity contribution >= 4 is 50.2 Å². The molecule has 0 saturated heterocycles. The van der Waals surface area contributed by atoms with E-state index in [-0.39, 0.29) is 22.9 Å². The molecule has 2 heterocycles. The van der Waals surface area contributed by atoms with Crippen LogP contribution >= 0.6 is 27.7 Å². The van der Waals surface area contributed by atoms with Crippen molar-refractivity contribution in [1.82, 2.24) is 4.57 Å². The topological polar surface area (TPSA) is 51.1 Å². The number of anilines is 1. The number of benzene rings is 2. The van der Waals surface area contributed by atoms with Crippen molar-refractivity contribution in [3.63, 3.8) is 0 Å². The van der Waals surface area contributed by atoms with Crippen molar-refractivity contribution in [3.05, 3.63) is 68.4 Å². The first-order valence-electron chi connectivity index (χ1n) is 8.30. The highest BCUT2D eigenvalue weighted by molar-refractivity contribution is 9.10. The number of carbonyl (C=O) groups excluding carboxylic acids is 1. The molecule has 1 aromatic heterocycles. The van der Waals surface area contributed by atoms with Gasteiger partial charge in [-0.1, -0.05) is 22.0 Å². The van der Waals surface area contributed by atoms with Gasteiger partial charge in [0.25, 0.3) is 5.91 Å². The standard InChI is InChI=1S/C20H17BrN2O2S/c1-11-6-12-7-13(21)8-16-18(12)23(11)10-17(19(16)24)20(25)22-14-4-3-5-15(9-14)26-2/h3-5,7-11H,6H2,1-2H3,(H,22,25)/t11-/m0/s1. The number of rotatable bonds is 3. The van der Waals surface area contributed by atoms with Crippen LogP contribution in [0.25, 0.3) is 10.9 Å². The van der Waals surface area contributed by atoms with Gasteiger partial charge in [0.05, 0.1) is 5.52 Å². The van der Waals surface area contributed by atoms with E-state index < -0.39 is 0 Å². The quantitative estimate of drug-likeness (QED) is 0.606. The summed E-state index contributed by atoms with van der Waals surface area (Å²) in [6.45, 7) is 2.10. The van der Waals surface area contributed by atoms with Gasteiger partial charge in [0.15, 0.2) is 0 Å². The summed E-state index contributed by atoms with van der Waals surface area (Å²) in [6, 6.07) is 11.7. The molecule has 1 amide bonds. The van der Waals surface area contributed by atoms with Crippen LogP contribution in [-0.2, 0) is 6.42 Å². The molecule has 0 spiro atoms. The van der Waals surface area contributed by atoms with Crippen molar-refractivity contribution in [2.75, 3.05) is 11.6 Å². The van der Waals surface area contributed by atoms with Gasteiger partial charge in [-0.3, -0.25) is 9.59 Å². The van der Waals surface area contributed by atoms with E-state index in [9.17, 15) is 9.59 Å². The first kappa shape index (κ1) is 17.4. The summed E-state index contributed by atoms with van der Waals surface area (Å²) >= 11 is 5.08. The highest BCUT2D eigenvalue weighted by Crippen LogP contribution is 2.33. The minimum Gasteiger partial charge on any atom is -0.343 e. The summed E-state index contributed by atoms with van der Waals surface area (Å²) in [5.74, 6) is -0.375. The molecule has 4 rings (SSSR count). The zero-order valence-corrected chi connectivity index (χ0v) is 16.8. The van der Waals surface area contributed by atoms with Gasteiger partial charge >= 0.3 is 0 Å². The lowest BCUT2D eigenvalue weighted by Gasteiger charge is -2.13. The van der Waals surface area contributed by atoms with Crippen LogP contribution in [0.15, 0.2) is 56.8 Å². The molecule has 1 aliphatic rings.